The summed E-state index contributed by atoms with van der Waals surface area (Å²) in [5.41, 5.74) is 1.95. The minimum absolute atomic E-state index is 0.122. The van der Waals surface area contributed by atoms with Gasteiger partial charge in [0.05, 0.1) is 28.3 Å². The Balaban J connectivity index is 2.45. The number of anilines is 1. The van der Waals surface area contributed by atoms with Crippen molar-refractivity contribution in [1.82, 2.24) is 5.01 Å². The first-order valence-corrected chi connectivity index (χ1v) is 14.7. The van der Waals surface area contributed by atoms with Gasteiger partial charge >= 0.3 is 0 Å². The number of halogens is 1. The number of hydrazine groups is 1. The Morgan fingerprint density at radius 2 is 1.69 bits per heavy atom. The number of rotatable bonds is 7. The molecule has 36 heavy (non-hydrogen) atoms. The summed E-state index contributed by atoms with van der Waals surface area (Å²) in [6.07, 6.45) is -0.660. The molecular formula is C26H32ClN5O3Si. The first-order chi connectivity index (χ1) is 16.6. The lowest BCUT2D eigenvalue weighted by Gasteiger charge is -2.40. The molecule has 0 aliphatic carbocycles. The highest BCUT2D eigenvalue weighted by molar-refractivity contribution is 6.74. The van der Waals surface area contributed by atoms with Crippen LogP contribution in [0.1, 0.15) is 54.7 Å². The number of carbonyl (C=O) groups excluding carboxylic acids is 2. The zero-order valence-corrected chi connectivity index (χ0v) is 23.4. The summed E-state index contributed by atoms with van der Waals surface area (Å²) in [4.78, 5) is 26.6. The monoisotopic (exact) mass is 525 g/mol. The highest BCUT2D eigenvalue weighted by atomic mass is 35.5. The fraction of sp³-hybridized carbons (Fsp3) is 0.385. The van der Waals surface area contributed by atoms with Crippen molar-refractivity contribution in [1.29, 1.82) is 10.5 Å². The third kappa shape index (κ3) is 6.31. The Morgan fingerprint density at radius 3 is 2.19 bits per heavy atom. The fourth-order valence-electron chi connectivity index (χ4n) is 3.26. The van der Waals surface area contributed by atoms with Crippen LogP contribution in [0.15, 0.2) is 36.4 Å². The normalized spacial score (nSPS) is 13.2. The molecule has 0 saturated carbocycles. The number of nitriles is 2. The van der Waals surface area contributed by atoms with Gasteiger partial charge in [-0.3, -0.25) is 9.59 Å². The van der Waals surface area contributed by atoms with Crippen LogP contribution >= 0.6 is 11.6 Å². The topological polar surface area (TPSA) is 132 Å². The van der Waals surface area contributed by atoms with E-state index >= 15 is 0 Å². The van der Waals surface area contributed by atoms with E-state index in [9.17, 15) is 14.9 Å². The molecule has 2 aromatic rings. The van der Waals surface area contributed by atoms with E-state index in [1.165, 1.54) is 24.3 Å². The average Bonchev–Trinajstić information content (AvgIpc) is 2.82. The molecule has 2 unspecified atom stereocenters. The molecule has 0 spiro atoms. The van der Waals surface area contributed by atoms with Gasteiger partial charge in [-0.15, -0.1) is 0 Å². The van der Waals surface area contributed by atoms with E-state index in [1.807, 2.05) is 12.1 Å². The Hall–Kier alpha value is -3.21. The van der Waals surface area contributed by atoms with Crippen LogP contribution in [0.2, 0.25) is 23.2 Å². The van der Waals surface area contributed by atoms with Crippen molar-refractivity contribution in [3.05, 3.63) is 63.7 Å². The van der Waals surface area contributed by atoms with Crippen LogP contribution in [-0.2, 0) is 9.22 Å². The van der Waals surface area contributed by atoms with Crippen LogP contribution in [0.3, 0.4) is 0 Å². The lowest BCUT2D eigenvalue weighted by molar-refractivity contribution is -0.131. The summed E-state index contributed by atoms with van der Waals surface area (Å²) < 4.78 is 6.48. The Bertz CT molecular complexity index is 1230. The zero-order chi connectivity index (χ0) is 27.4. The second-order valence-corrected chi connectivity index (χ2v) is 15.3. The van der Waals surface area contributed by atoms with Gasteiger partial charge in [-0.1, -0.05) is 32.4 Å². The minimum Gasteiger partial charge on any atom is -0.412 e. The Morgan fingerprint density at radius 1 is 1.11 bits per heavy atom. The van der Waals surface area contributed by atoms with Gasteiger partial charge in [0.15, 0.2) is 8.32 Å². The maximum absolute atomic E-state index is 13.6. The number of nitrogens with one attached hydrogen (secondary N) is 1. The largest absolute Gasteiger partial charge is 0.412 e. The van der Waals surface area contributed by atoms with Crippen molar-refractivity contribution in [3.63, 3.8) is 0 Å². The average molecular weight is 526 g/mol. The first kappa shape index (κ1) is 29.0. The molecule has 10 heteroatoms. The van der Waals surface area contributed by atoms with Crippen molar-refractivity contribution in [2.75, 3.05) is 5.32 Å². The quantitative estimate of drug-likeness (QED) is 0.222. The number of nitrogens with two attached hydrogens (primary N) is 1. The number of amides is 2. The van der Waals surface area contributed by atoms with E-state index in [0.717, 1.165) is 0 Å². The van der Waals surface area contributed by atoms with E-state index < -0.39 is 32.3 Å². The van der Waals surface area contributed by atoms with Crippen molar-refractivity contribution >= 4 is 37.4 Å². The number of benzene rings is 2. The van der Waals surface area contributed by atoms with Crippen molar-refractivity contribution in [2.24, 2.45) is 5.84 Å². The van der Waals surface area contributed by atoms with Gasteiger partial charge in [-0.05, 0) is 73.9 Å². The second kappa shape index (κ2) is 11.2. The van der Waals surface area contributed by atoms with Crippen LogP contribution < -0.4 is 11.2 Å². The Kier molecular flexibility index (Phi) is 9.06. The van der Waals surface area contributed by atoms with Crippen molar-refractivity contribution in [3.8, 4) is 12.1 Å². The van der Waals surface area contributed by atoms with E-state index in [0.29, 0.717) is 27.4 Å². The first-order valence-electron chi connectivity index (χ1n) is 11.4. The van der Waals surface area contributed by atoms with Gasteiger partial charge < -0.3 is 9.74 Å². The van der Waals surface area contributed by atoms with E-state index in [-0.39, 0.29) is 15.6 Å². The summed E-state index contributed by atoms with van der Waals surface area (Å²) >= 11 is 6.34. The molecular weight excluding hydrogens is 494 g/mol. The molecule has 0 radical (unpaired) electrons. The lowest BCUT2D eigenvalue weighted by atomic mass is 10.1. The number of carbonyl (C=O) groups is 2. The highest BCUT2D eigenvalue weighted by Crippen LogP contribution is 2.38. The molecule has 0 fully saturated rings. The van der Waals surface area contributed by atoms with Crippen LogP contribution in [-0.4, -0.2) is 37.3 Å². The molecule has 190 valence electrons. The van der Waals surface area contributed by atoms with Crippen LogP contribution in [0.5, 0.6) is 0 Å². The number of hydrogen-bond donors (Lipinski definition) is 2. The fourth-order valence-corrected chi connectivity index (χ4v) is 4.89. The van der Waals surface area contributed by atoms with Crippen molar-refractivity contribution in [2.45, 2.75) is 64.9 Å². The summed E-state index contributed by atoms with van der Waals surface area (Å²) in [7, 11) is -2.31. The third-order valence-electron chi connectivity index (χ3n) is 6.56. The molecule has 2 atom stereocenters. The SMILES string of the molecule is Cc1c(NC(C(=O)N(N)C(=O)c2ccc(C#N)cc2)C(C)O[Si](C)(C)C(C)(C)C)ccc(C#N)c1Cl. The molecule has 3 N–H and O–H groups in total. The minimum atomic E-state index is -2.31. The summed E-state index contributed by atoms with van der Waals surface area (Å²) in [5, 5.41) is 22.1. The smallest absolute Gasteiger partial charge is 0.274 e. The van der Waals surface area contributed by atoms with Gasteiger partial charge in [-0.2, -0.15) is 10.5 Å². The van der Waals surface area contributed by atoms with E-state index in [1.54, 1.807) is 26.0 Å². The molecule has 0 aliphatic rings. The van der Waals surface area contributed by atoms with Gasteiger partial charge in [0, 0.05) is 11.3 Å². The second-order valence-electron chi connectivity index (χ2n) is 10.1. The number of nitrogens with zero attached hydrogens (tertiary/aromatic N) is 3. The molecule has 2 aromatic carbocycles. The van der Waals surface area contributed by atoms with Gasteiger partial charge in [0.25, 0.3) is 11.8 Å². The summed E-state index contributed by atoms with van der Waals surface area (Å²) in [5.74, 6) is 4.62. The molecule has 8 nitrogen and oxygen atoms in total. The molecule has 0 saturated heterocycles. The van der Waals surface area contributed by atoms with Gasteiger partial charge in [0.1, 0.15) is 12.1 Å². The summed E-state index contributed by atoms with van der Waals surface area (Å²) in [6, 6.07) is 12.0. The maximum atomic E-state index is 13.6. The Labute approximate surface area is 218 Å². The lowest BCUT2D eigenvalue weighted by Crippen LogP contribution is -2.56. The number of hydrogen-bond acceptors (Lipinski definition) is 7. The maximum Gasteiger partial charge on any atom is 0.274 e. The zero-order valence-electron chi connectivity index (χ0n) is 21.6. The van der Waals surface area contributed by atoms with Gasteiger partial charge in [0.2, 0.25) is 0 Å². The summed E-state index contributed by atoms with van der Waals surface area (Å²) in [6.45, 7) is 13.9. The highest BCUT2D eigenvalue weighted by Gasteiger charge is 2.42. The third-order valence-corrected chi connectivity index (χ3v) is 11.6. The van der Waals surface area contributed by atoms with Crippen LogP contribution in [0, 0.1) is 29.6 Å². The van der Waals surface area contributed by atoms with Crippen LogP contribution in [0.25, 0.3) is 0 Å². The molecule has 0 heterocycles. The molecule has 2 rings (SSSR count). The number of imide groups is 1. The standard InChI is InChI=1S/C26H32ClN5O3Si/c1-16-21(13-12-20(15-29)22(16)27)31-23(17(2)35-36(6,7)26(3,4)5)25(34)32(30)24(33)19-10-8-18(14-28)9-11-19/h8-13,17,23,31H,30H2,1-7H3. The van der Waals surface area contributed by atoms with E-state index in [2.05, 4.69) is 39.2 Å². The van der Waals surface area contributed by atoms with Crippen LogP contribution in [0.4, 0.5) is 5.69 Å². The molecule has 0 aromatic heterocycles. The van der Waals surface area contributed by atoms with Gasteiger partial charge in [-0.25, -0.2) is 10.9 Å². The van der Waals surface area contributed by atoms with E-state index in [4.69, 9.17) is 27.1 Å². The predicted molar refractivity (Wildman–Crippen MR) is 143 cm³/mol. The molecule has 0 bridgehead atoms. The molecule has 2 amide bonds. The molecule has 0 aliphatic heterocycles. The predicted octanol–water partition coefficient (Wildman–Crippen LogP) is 5.13. The van der Waals surface area contributed by atoms with Crippen molar-refractivity contribution < 1.29 is 14.0 Å².